The van der Waals surface area contributed by atoms with Crippen LogP contribution in [0, 0.1) is 0 Å². The van der Waals surface area contributed by atoms with Crippen LogP contribution in [0.1, 0.15) is 97.3 Å². The summed E-state index contributed by atoms with van der Waals surface area (Å²) in [4.78, 5) is 9.70. The molecule has 0 amide bonds. The predicted octanol–water partition coefficient (Wildman–Crippen LogP) is 7.30. The minimum absolute atomic E-state index is 0.121. The Labute approximate surface area is 172 Å². The van der Waals surface area contributed by atoms with E-state index in [-0.39, 0.29) is 22.7 Å². The molecular formula is C23H31ClF2N2. The predicted molar refractivity (Wildman–Crippen MR) is 113 cm³/mol. The number of aromatic nitrogens is 2. The largest absolute Gasteiger partial charge is 0.255 e. The van der Waals surface area contributed by atoms with Gasteiger partial charge < -0.3 is 0 Å². The highest BCUT2D eigenvalue weighted by Gasteiger charge is 2.59. The number of hydrogen-bond donors (Lipinski definition) is 0. The van der Waals surface area contributed by atoms with Gasteiger partial charge in [-0.1, -0.05) is 73.9 Å². The summed E-state index contributed by atoms with van der Waals surface area (Å²) in [5.41, 5.74) is 2.07. The number of fused-ring (bicyclic) bond motifs is 1. The number of rotatable bonds is 1. The van der Waals surface area contributed by atoms with Gasteiger partial charge in [0, 0.05) is 22.6 Å². The molecule has 0 N–H and O–H groups in total. The van der Waals surface area contributed by atoms with Crippen molar-refractivity contribution in [1.29, 1.82) is 0 Å². The Kier molecular flexibility index (Phi) is 4.67. The molecule has 1 aliphatic carbocycles. The Hall–Kier alpha value is -1.29. The Morgan fingerprint density at radius 1 is 0.929 bits per heavy atom. The highest BCUT2D eigenvalue weighted by molar-refractivity contribution is 6.36. The van der Waals surface area contributed by atoms with Gasteiger partial charge in [-0.25, -0.2) is 18.7 Å². The van der Waals surface area contributed by atoms with Gasteiger partial charge in [0.2, 0.25) is 0 Å². The average Bonchev–Trinajstić information content (AvgIpc) is 3.11. The Morgan fingerprint density at radius 2 is 1.46 bits per heavy atom. The zero-order chi connectivity index (χ0) is 21.4. The second-order valence-corrected chi connectivity index (χ2v) is 11.6. The molecule has 1 aromatic carbocycles. The first-order chi connectivity index (χ1) is 12.4. The van der Waals surface area contributed by atoms with E-state index in [0.29, 0.717) is 16.1 Å². The number of alkyl halides is 2. The monoisotopic (exact) mass is 408 g/mol. The normalized spacial score (nSPS) is 19.9. The van der Waals surface area contributed by atoms with Crippen LogP contribution >= 0.6 is 11.6 Å². The molecule has 0 aliphatic heterocycles. The lowest BCUT2D eigenvalue weighted by atomic mass is 9.80. The van der Waals surface area contributed by atoms with Gasteiger partial charge in [-0.05, 0) is 22.6 Å². The van der Waals surface area contributed by atoms with E-state index in [0.717, 1.165) is 22.5 Å². The van der Waals surface area contributed by atoms with E-state index in [1.165, 1.54) is 0 Å². The van der Waals surface area contributed by atoms with Gasteiger partial charge in [0.1, 0.15) is 5.82 Å². The first-order valence-corrected chi connectivity index (χ1v) is 10.3. The molecule has 154 valence electrons. The van der Waals surface area contributed by atoms with Crippen LogP contribution in [-0.2, 0) is 16.2 Å². The van der Waals surface area contributed by atoms with Crippen molar-refractivity contribution < 1.29 is 8.78 Å². The molecule has 1 heterocycles. The molecule has 5 heteroatoms. The van der Waals surface area contributed by atoms with Gasteiger partial charge in [0.15, 0.2) is 0 Å². The average molecular weight is 409 g/mol. The lowest BCUT2D eigenvalue weighted by Gasteiger charge is -2.29. The van der Waals surface area contributed by atoms with E-state index in [4.69, 9.17) is 21.6 Å². The molecule has 0 bridgehead atoms. The number of nitrogens with zero attached hydrogens (tertiary/aromatic N) is 2. The van der Waals surface area contributed by atoms with Crippen molar-refractivity contribution in [2.24, 2.45) is 0 Å². The van der Waals surface area contributed by atoms with E-state index < -0.39 is 11.8 Å². The quantitative estimate of drug-likeness (QED) is 0.494. The zero-order valence-corrected chi connectivity index (χ0v) is 19.1. The topological polar surface area (TPSA) is 25.8 Å². The van der Waals surface area contributed by atoms with E-state index in [2.05, 4.69) is 41.5 Å². The van der Waals surface area contributed by atoms with Crippen LogP contribution in [0.15, 0.2) is 6.07 Å². The smallest absolute Gasteiger partial charge is 0.236 e. The van der Waals surface area contributed by atoms with Gasteiger partial charge in [0.05, 0.1) is 22.2 Å². The van der Waals surface area contributed by atoms with Crippen molar-refractivity contribution in [2.45, 2.75) is 96.8 Å². The van der Waals surface area contributed by atoms with E-state index in [1.807, 2.05) is 26.8 Å². The standard InChI is InChI=1S/C23H31ClF2N2/c1-20(2,3)15-12(14-11-23(14,25)26)10-13-17(16(15)24)27-19(22(7,8)9)28-18(13)21(4,5)6/h10,14H,11H2,1-9H3. The lowest BCUT2D eigenvalue weighted by Crippen LogP contribution is -2.23. The number of hydrogen-bond acceptors (Lipinski definition) is 2. The van der Waals surface area contributed by atoms with Crippen LogP contribution in [0.2, 0.25) is 5.02 Å². The third-order valence-corrected chi connectivity index (χ3v) is 5.66. The van der Waals surface area contributed by atoms with E-state index in [9.17, 15) is 8.78 Å². The van der Waals surface area contributed by atoms with Crippen molar-refractivity contribution >= 4 is 22.5 Å². The molecule has 1 fully saturated rings. The first kappa shape index (κ1) is 21.4. The third-order valence-electron chi connectivity index (χ3n) is 5.29. The summed E-state index contributed by atoms with van der Waals surface area (Å²) in [6, 6.07) is 1.89. The second-order valence-electron chi connectivity index (χ2n) is 11.2. The molecule has 1 aromatic heterocycles. The fourth-order valence-corrected chi connectivity index (χ4v) is 4.28. The van der Waals surface area contributed by atoms with Crippen molar-refractivity contribution in [3.8, 4) is 0 Å². The summed E-state index contributed by atoms with van der Waals surface area (Å²) < 4.78 is 28.1. The molecule has 3 rings (SSSR count). The maximum atomic E-state index is 14.1. The minimum Gasteiger partial charge on any atom is -0.236 e. The second kappa shape index (κ2) is 6.10. The van der Waals surface area contributed by atoms with Gasteiger partial charge in [0.25, 0.3) is 5.92 Å². The van der Waals surface area contributed by atoms with Crippen LogP contribution in [0.4, 0.5) is 8.78 Å². The summed E-state index contributed by atoms with van der Waals surface area (Å²) in [6.07, 6.45) is -0.121. The first-order valence-electron chi connectivity index (χ1n) is 9.88. The molecule has 28 heavy (non-hydrogen) atoms. The van der Waals surface area contributed by atoms with Crippen molar-refractivity contribution in [2.75, 3.05) is 0 Å². The highest BCUT2D eigenvalue weighted by Crippen LogP contribution is 2.59. The van der Waals surface area contributed by atoms with Crippen LogP contribution in [0.25, 0.3) is 10.9 Å². The molecule has 1 unspecified atom stereocenters. The van der Waals surface area contributed by atoms with Gasteiger partial charge in [-0.3, -0.25) is 0 Å². The van der Waals surface area contributed by atoms with E-state index >= 15 is 0 Å². The molecule has 1 aliphatic rings. The summed E-state index contributed by atoms with van der Waals surface area (Å²) in [6.45, 7) is 18.5. The van der Waals surface area contributed by atoms with Crippen LogP contribution < -0.4 is 0 Å². The number of halogens is 3. The summed E-state index contributed by atoms with van der Waals surface area (Å²) in [7, 11) is 0. The summed E-state index contributed by atoms with van der Waals surface area (Å²) in [5.74, 6) is -2.72. The third kappa shape index (κ3) is 3.65. The Morgan fingerprint density at radius 3 is 1.86 bits per heavy atom. The molecule has 0 saturated heterocycles. The molecule has 1 saturated carbocycles. The van der Waals surface area contributed by atoms with Gasteiger partial charge in [-0.2, -0.15) is 0 Å². The SMILES string of the molecule is CC(C)(C)c1nc(C(C)(C)C)c2cc(C3CC3(F)F)c(C(C)(C)C)c(Cl)c2n1. The molecule has 2 aromatic rings. The maximum absolute atomic E-state index is 14.1. The fourth-order valence-electron chi connectivity index (χ4n) is 3.74. The Balaban J connectivity index is 2.47. The van der Waals surface area contributed by atoms with Crippen molar-refractivity contribution in [3.05, 3.63) is 33.7 Å². The lowest BCUT2D eigenvalue weighted by molar-refractivity contribution is 0.112. The highest BCUT2D eigenvalue weighted by atomic mass is 35.5. The van der Waals surface area contributed by atoms with E-state index in [1.54, 1.807) is 0 Å². The molecular weight excluding hydrogens is 378 g/mol. The van der Waals surface area contributed by atoms with Crippen LogP contribution in [0.5, 0.6) is 0 Å². The minimum atomic E-state index is -2.66. The van der Waals surface area contributed by atoms with Gasteiger partial charge >= 0.3 is 0 Å². The maximum Gasteiger partial charge on any atom is 0.255 e. The Bertz CT molecular complexity index is 944. The fraction of sp³-hybridized carbons (Fsp3) is 0.652. The number of benzene rings is 1. The molecule has 1 atom stereocenters. The molecule has 0 radical (unpaired) electrons. The summed E-state index contributed by atoms with van der Waals surface area (Å²) >= 11 is 6.91. The van der Waals surface area contributed by atoms with Crippen LogP contribution in [-0.4, -0.2) is 15.9 Å². The van der Waals surface area contributed by atoms with Crippen LogP contribution in [0.3, 0.4) is 0 Å². The zero-order valence-electron chi connectivity index (χ0n) is 18.4. The van der Waals surface area contributed by atoms with Crippen molar-refractivity contribution in [3.63, 3.8) is 0 Å². The van der Waals surface area contributed by atoms with Crippen molar-refractivity contribution in [1.82, 2.24) is 9.97 Å². The molecule has 0 spiro atoms. The molecule has 2 nitrogen and oxygen atoms in total. The summed E-state index contributed by atoms with van der Waals surface area (Å²) in [5, 5.41) is 1.28. The van der Waals surface area contributed by atoms with Gasteiger partial charge in [-0.15, -0.1) is 0 Å².